The first-order valence-corrected chi connectivity index (χ1v) is 6.30. The lowest BCUT2D eigenvalue weighted by atomic mass is 10.3. The van der Waals surface area contributed by atoms with Crippen molar-refractivity contribution in [2.24, 2.45) is 0 Å². The molecule has 7 heteroatoms. The molecule has 0 radical (unpaired) electrons. The van der Waals surface area contributed by atoms with Crippen LogP contribution >= 0.6 is 27.3 Å². The average molecular weight is 314 g/mol. The van der Waals surface area contributed by atoms with Gasteiger partial charge in [-0.25, -0.2) is 4.98 Å². The molecule has 0 aliphatic carbocycles. The predicted octanol–water partition coefficient (Wildman–Crippen LogP) is 2.15. The molecule has 2 rings (SSSR count). The Morgan fingerprint density at radius 1 is 1.53 bits per heavy atom. The van der Waals surface area contributed by atoms with E-state index >= 15 is 0 Å². The third-order valence-corrected chi connectivity index (χ3v) is 3.45. The highest BCUT2D eigenvalue weighted by molar-refractivity contribution is 9.10. The number of aromatic amines is 1. The molecule has 0 fully saturated rings. The monoisotopic (exact) mass is 313 g/mol. The van der Waals surface area contributed by atoms with Gasteiger partial charge in [-0.2, -0.15) is 0 Å². The topological polar surface area (TPSA) is 74.8 Å². The molecule has 0 saturated carbocycles. The van der Waals surface area contributed by atoms with Crippen LogP contribution < -0.4 is 10.2 Å². The molecule has 88 valence electrons. The summed E-state index contributed by atoms with van der Waals surface area (Å²) in [6.45, 7) is 1.68. The van der Waals surface area contributed by atoms with Gasteiger partial charge in [0.05, 0.1) is 0 Å². The number of aromatic nitrogens is 2. The fraction of sp³-hybridized carbons (Fsp3) is 0.100. The molecule has 1 amide bonds. The van der Waals surface area contributed by atoms with E-state index < -0.39 is 0 Å². The molecule has 0 bridgehead atoms. The van der Waals surface area contributed by atoms with Gasteiger partial charge < -0.3 is 10.3 Å². The second-order valence-corrected chi connectivity index (χ2v) is 5.18. The van der Waals surface area contributed by atoms with Crippen LogP contribution in [0.2, 0.25) is 0 Å². The molecule has 0 unspecified atom stereocenters. The zero-order chi connectivity index (χ0) is 12.4. The Labute approximate surface area is 109 Å². The molecular weight excluding hydrogens is 306 g/mol. The molecule has 0 aromatic carbocycles. The van der Waals surface area contributed by atoms with Crippen LogP contribution in [0.4, 0.5) is 5.82 Å². The highest BCUT2D eigenvalue weighted by atomic mass is 79.9. The quantitative estimate of drug-likeness (QED) is 0.892. The van der Waals surface area contributed by atoms with Crippen molar-refractivity contribution in [1.29, 1.82) is 0 Å². The zero-order valence-electron chi connectivity index (χ0n) is 8.78. The Morgan fingerprint density at radius 2 is 2.29 bits per heavy atom. The number of aryl methyl sites for hydroxylation is 1. The van der Waals surface area contributed by atoms with Crippen molar-refractivity contribution in [2.75, 3.05) is 5.32 Å². The summed E-state index contributed by atoms with van der Waals surface area (Å²) in [5, 5.41) is 2.62. The van der Waals surface area contributed by atoms with Gasteiger partial charge in [0.15, 0.2) is 0 Å². The number of thiazole rings is 1. The fourth-order valence-corrected chi connectivity index (χ4v) is 2.22. The Balaban J connectivity index is 2.20. The Kier molecular flexibility index (Phi) is 3.39. The first-order chi connectivity index (χ1) is 8.06. The molecule has 2 N–H and O–H groups in total. The summed E-state index contributed by atoms with van der Waals surface area (Å²) in [6, 6.07) is 3.45. The summed E-state index contributed by atoms with van der Waals surface area (Å²) in [7, 11) is 0. The van der Waals surface area contributed by atoms with E-state index in [1.54, 1.807) is 25.3 Å². The third kappa shape index (κ3) is 2.80. The number of carbonyl (C=O) groups excluding carboxylic acids is 1. The number of H-pyrrole nitrogens is 1. The molecule has 2 aromatic rings. The number of anilines is 1. The Morgan fingerprint density at radius 3 is 2.82 bits per heavy atom. The minimum Gasteiger partial charge on any atom is -0.316 e. The zero-order valence-corrected chi connectivity index (χ0v) is 11.2. The molecule has 17 heavy (non-hydrogen) atoms. The minimum atomic E-state index is -0.333. The number of nitrogens with one attached hydrogen (secondary N) is 2. The van der Waals surface area contributed by atoms with Crippen LogP contribution in [-0.4, -0.2) is 15.9 Å². The van der Waals surface area contributed by atoms with E-state index in [2.05, 4.69) is 31.2 Å². The third-order valence-electron chi connectivity index (χ3n) is 2.00. The molecule has 0 spiro atoms. The van der Waals surface area contributed by atoms with Gasteiger partial charge in [-0.1, -0.05) is 11.3 Å². The van der Waals surface area contributed by atoms with Crippen LogP contribution in [0.1, 0.15) is 15.4 Å². The summed E-state index contributed by atoms with van der Waals surface area (Å²) in [5.74, 6) is 0.110. The van der Waals surface area contributed by atoms with E-state index in [-0.39, 0.29) is 10.8 Å². The van der Waals surface area contributed by atoms with Crippen molar-refractivity contribution in [3.8, 4) is 0 Å². The van der Waals surface area contributed by atoms with Crippen LogP contribution in [0.3, 0.4) is 0 Å². The van der Waals surface area contributed by atoms with Crippen LogP contribution in [0.5, 0.6) is 0 Å². The number of carbonyl (C=O) groups is 1. The maximum atomic E-state index is 11.8. The lowest BCUT2D eigenvalue weighted by Crippen LogP contribution is -2.12. The number of rotatable bonds is 2. The van der Waals surface area contributed by atoms with Gasteiger partial charge in [-0.05, 0) is 35.0 Å². The van der Waals surface area contributed by atoms with E-state index in [1.807, 2.05) is 0 Å². The lowest BCUT2D eigenvalue weighted by molar-refractivity contribution is 0.102. The molecular formula is C10H8BrN3O2S. The van der Waals surface area contributed by atoms with E-state index in [4.69, 9.17) is 0 Å². The summed E-state index contributed by atoms with van der Waals surface area (Å²) < 4.78 is 0.831. The highest BCUT2D eigenvalue weighted by Crippen LogP contribution is 2.13. The van der Waals surface area contributed by atoms with Gasteiger partial charge >= 0.3 is 4.87 Å². The van der Waals surface area contributed by atoms with Crippen LogP contribution in [-0.2, 0) is 0 Å². The summed E-state index contributed by atoms with van der Waals surface area (Å²) in [6.07, 6.45) is 1.59. The second-order valence-electron chi connectivity index (χ2n) is 3.28. The van der Waals surface area contributed by atoms with E-state index in [9.17, 15) is 9.59 Å². The highest BCUT2D eigenvalue weighted by Gasteiger charge is 2.13. The summed E-state index contributed by atoms with van der Waals surface area (Å²) in [5.41, 5.74) is 0.564. The van der Waals surface area contributed by atoms with E-state index in [0.29, 0.717) is 16.4 Å². The molecule has 0 saturated heterocycles. The Hall–Kier alpha value is -1.47. The van der Waals surface area contributed by atoms with Crippen molar-refractivity contribution in [1.82, 2.24) is 9.97 Å². The second kappa shape index (κ2) is 4.80. The summed E-state index contributed by atoms with van der Waals surface area (Å²) in [4.78, 5) is 29.6. The van der Waals surface area contributed by atoms with Crippen LogP contribution in [0, 0.1) is 6.92 Å². The minimum absolute atomic E-state index is 0.239. The maximum Gasteiger partial charge on any atom is 0.305 e. The number of halogens is 1. The smallest absolute Gasteiger partial charge is 0.305 e. The summed E-state index contributed by atoms with van der Waals surface area (Å²) >= 11 is 4.14. The van der Waals surface area contributed by atoms with Crippen LogP contribution in [0.25, 0.3) is 0 Å². The number of hydrogen-bond acceptors (Lipinski definition) is 4. The standard InChI is InChI=1S/C10H8BrN3O2S/c1-5-8(17-10(16)13-5)9(15)14-7-3-2-6(11)4-12-7/h2-4H,1H3,(H,13,16)(H,12,14,15). The van der Waals surface area contributed by atoms with Crippen LogP contribution in [0.15, 0.2) is 27.6 Å². The molecule has 2 aromatic heterocycles. The lowest BCUT2D eigenvalue weighted by Gasteiger charge is -2.02. The molecule has 0 aliphatic rings. The van der Waals surface area contributed by atoms with Gasteiger partial charge in [-0.15, -0.1) is 0 Å². The van der Waals surface area contributed by atoms with Crippen molar-refractivity contribution in [3.05, 3.63) is 43.0 Å². The molecule has 2 heterocycles. The SMILES string of the molecule is Cc1[nH]c(=O)sc1C(=O)Nc1ccc(Br)cn1. The van der Waals surface area contributed by atoms with Gasteiger partial charge in [0.25, 0.3) is 5.91 Å². The van der Waals surface area contributed by atoms with Gasteiger partial charge in [0.2, 0.25) is 0 Å². The van der Waals surface area contributed by atoms with Crippen molar-refractivity contribution in [3.63, 3.8) is 0 Å². The molecule has 0 atom stereocenters. The number of pyridine rings is 1. The molecule has 0 aliphatic heterocycles. The fourth-order valence-electron chi connectivity index (χ4n) is 1.24. The predicted molar refractivity (Wildman–Crippen MR) is 69.6 cm³/mol. The van der Waals surface area contributed by atoms with Crippen molar-refractivity contribution < 1.29 is 4.79 Å². The Bertz CT molecular complexity index is 603. The normalized spacial score (nSPS) is 10.2. The van der Waals surface area contributed by atoms with E-state index in [1.165, 1.54) is 0 Å². The van der Waals surface area contributed by atoms with E-state index in [0.717, 1.165) is 15.8 Å². The number of nitrogens with zero attached hydrogens (tertiary/aromatic N) is 1. The van der Waals surface area contributed by atoms with Gasteiger partial charge in [0.1, 0.15) is 10.7 Å². The average Bonchev–Trinajstić information content (AvgIpc) is 2.61. The van der Waals surface area contributed by atoms with Gasteiger partial charge in [0, 0.05) is 16.4 Å². The van der Waals surface area contributed by atoms with Gasteiger partial charge in [-0.3, -0.25) is 9.59 Å². The van der Waals surface area contributed by atoms with Crippen molar-refractivity contribution >= 4 is 39.0 Å². The largest absolute Gasteiger partial charge is 0.316 e. The first kappa shape index (κ1) is 12.0. The van der Waals surface area contributed by atoms with Crippen molar-refractivity contribution in [2.45, 2.75) is 6.92 Å². The number of hydrogen-bond donors (Lipinski definition) is 2. The maximum absolute atomic E-state index is 11.8. The molecule has 5 nitrogen and oxygen atoms in total. The number of amides is 1. The first-order valence-electron chi connectivity index (χ1n) is 4.69.